The summed E-state index contributed by atoms with van der Waals surface area (Å²) >= 11 is 0. The molecular weight excluding hydrogens is 429 g/mol. The largest absolute Gasteiger partial charge is 0.497 e. The average Bonchev–Trinajstić information content (AvgIpc) is 3.20. The Bertz CT molecular complexity index is 1310. The number of hydrogen-bond donors (Lipinski definition) is 0. The number of aromatic nitrogens is 2. The first-order chi connectivity index (χ1) is 16.0. The van der Waals surface area contributed by atoms with Gasteiger partial charge in [0.2, 0.25) is 0 Å². The fourth-order valence-electron chi connectivity index (χ4n) is 4.00. The second kappa shape index (κ2) is 8.09. The predicted molar refractivity (Wildman–Crippen MR) is 116 cm³/mol. The molecule has 8 nitrogen and oxygen atoms in total. The molecule has 0 saturated carbocycles. The fourth-order valence-corrected chi connectivity index (χ4v) is 4.00. The van der Waals surface area contributed by atoms with Crippen LogP contribution in [0, 0.1) is 5.82 Å². The van der Waals surface area contributed by atoms with Crippen LogP contribution in [0.15, 0.2) is 48.8 Å². The van der Waals surface area contributed by atoms with E-state index in [1.165, 1.54) is 29.4 Å². The quantitative estimate of drug-likeness (QED) is 0.569. The van der Waals surface area contributed by atoms with Gasteiger partial charge in [0.1, 0.15) is 36.9 Å². The molecule has 1 amide bonds. The number of ether oxygens (including phenoxy) is 3. The SMILES string of the molecule is COc1ccc2c(c1)OCC=C2COC(=O)c1ncn2c1CN(C)C(=O)c1cc(F)ccc1-2. The van der Waals surface area contributed by atoms with Gasteiger partial charge in [-0.1, -0.05) is 0 Å². The molecule has 0 N–H and O–H groups in total. The van der Waals surface area contributed by atoms with Gasteiger partial charge in [0.25, 0.3) is 5.91 Å². The average molecular weight is 449 g/mol. The number of carbonyl (C=O) groups is 2. The molecule has 2 aromatic carbocycles. The van der Waals surface area contributed by atoms with Crippen molar-refractivity contribution in [3.05, 3.63) is 77.1 Å². The highest BCUT2D eigenvalue weighted by molar-refractivity contribution is 5.99. The lowest BCUT2D eigenvalue weighted by atomic mass is 10.0. The third-order valence-corrected chi connectivity index (χ3v) is 5.70. The number of benzene rings is 2. The molecular formula is C24H20FN3O5. The summed E-state index contributed by atoms with van der Waals surface area (Å²) in [4.78, 5) is 31.3. The third-order valence-electron chi connectivity index (χ3n) is 5.70. The van der Waals surface area contributed by atoms with Gasteiger partial charge in [-0.2, -0.15) is 0 Å². The molecule has 0 bridgehead atoms. The number of carbonyl (C=O) groups excluding carboxylic acids is 2. The Morgan fingerprint density at radius 1 is 1.21 bits per heavy atom. The number of methoxy groups -OCH3 is 1. The van der Waals surface area contributed by atoms with Crippen LogP contribution in [0.4, 0.5) is 4.39 Å². The van der Waals surface area contributed by atoms with Gasteiger partial charge in [-0.15, -0.1) is 0 Å². The van der Waals surface area contributed by atoms with Gasteiger partial charge < -0.3 is 19.1 Å². The molecule has 9 heteroatoms. The highest BCUT2D eigenvalue weighted by atomic mass is 19.1. The van der Waals surface area contributed by atoms with Crippen molar-refractivity contribution in [1.82, 2.24) is 14.5 Å². The van der Waals surface area contributed by atoms with Gasteiger partial charge in [-0.25, -0.2) is 14.2 Å². The van der Waals surface area contributed by atoms with Crippen molar-refractivity contribution >= 4 is 17.4 Å². The Hall–Kier alpha value is -4.14. The molecule has 33 heavy (non-hydrogen) atoms. The molecule has 0 unspecified atom stereocenters. The number of esters is 1. The molecule has 3 aromatic rings. The van der Waals surface area contributed by atoms with Gasteiger partial charge in [0.15, 0.2) is 5.69 Å². The minimum atomic E-state index is -0.613. The highest BCUT2D eigenvalue weighted by Gasteiger charge is 2.29. The first kappa shape index (κ1) is 20.7. The smallest absolute Gasteiger partial charge is 0.359 e. The molecule has 0 fully saturated rings. The van der Waals surface area contributed by atoms with Gasteiger partial charge in [0.05, 0.1) is 30.6 Å². The number of halogens is 1. The summed E-state index contributed by atoms with van der Waals surface area (Å²) in [5, 5.41) is 0. The maximum Gasteiger partial charge on any atom is 0.359 e. The molecule has 1 aromatic heterocycles. The van der Waals surface area contributed by atoms with E-state index in [1.807, 2.05) is 18.2 Å². The second-order valence-electron chi connectivity index (χ2n) is 7.71. The predicted octanol–water partition coefficient (Wildman–Crippen LogP) is 3.24. The van der Waals surface area contributed by atoms with Crippen molar-refractivity contribution in [1.29, 1.82) is 0 Å². The van der Waals surface area contributed by atoms with Gasteiger partial charge in [0, 0.05) is 18.7 Å². The van der Waals surface area contributed by atoms with Crippen molar-refractivity contribution in [2.45, 2.75) is 6.54 Å². The number of amides is 1. The van der Waals surface area contributed by atoms with Crippen LogP contribution in [0.2, 0.25) is 0 Å². The Morgan fingerprint density at radius 3 is 2.88 bits per heavy atom. The summed E-state index contributed by atoms with van der Waals surface area (Å²) in [5.41, 5.74) is 2.89. The van der Waals surface area contributed by atoms with Crippen molar-refractivity contribution in [3.63, 3.8) is 0 Å². The Labute approximate surface area is 188 Å². The van der Waals surface area contributed by atoms with Crippen LogP contribution in [0.25, 0.3) is 11.3 Å². The van der Waals surface area contributed by atoms with E-state index in [9.17, 15) is 14.0 Å². The maximum absolute atomic E-state index is 13.8. The van der Waals surface area contributed by atoms with Crippen LogP contribution in [0.3, 0.4) is 0 Å². The summed E-state index contributed by atoms with van der Waals surface area (Å²) in [7, 11) is 3.17. The number of imidazole rings is 1. The maximum atomic E-state index is 13.8. The molecule has 2 aliphatic rings. The Balaban J connectivity index is 1.41. The van der Waals surface area contributed by atoms with E-state index in [4.69, 9.17) is 14.2 Å². The zero-order valence-corrected chi connectivity index (χ0v) is 18.0. The van der Waals surface area contributed by atoms with E-state index < -0.39 is 11.8 Å². The molecule has 2 aliphatic heterocycles. The van der Waals surface area contributed by atoms with Crippen molar-refractivity contribution < 1.29 is 28.2 Å². The van der Waals surface area contributed by atoms with Crippen LogP contribution in [-0.4, -0.2) is 53.7 Å². The lowest BCUT2D eigenvalue weighted by Crippen LogP contribution is -2.26. The first-order valence-electron chi connectivity index (χ1n) is 10.2. The first-order valence-corrected chi connectivity index (χ1v) is 10.2. The van der Waals surface area contributed by atoms with E-state index in [0.717, 1.165) is 11.1 Å². The number of hydrogen-bond acceptors (Lipinski definition) is 6. The molecule has 3 heterocycles. The molecule has 0 saturated heterocycles. The van der Waals surface area contributed by atoms with Crippen LogP contribution in [0.1, 0.15) is 32.1 Å². The summed E-state index contributed by atoms with van der Waals surface area (Å²) < 4.78 is 31.9. The standard InChI is InChI=1S/C24H20FN3O5/c1-27-11-20-22(26-13-28(20)19-6-3-15(25)9-18(19)23(27)29)24(30)33-12-14-7-8-32-21-10-16(31-2)4-5-17(14)21/h3-7,9-10,13H,8,11-12H2,1-2H3. The van der Waals surface area contributed by atoms with Crippen LogP contribution in [0.5, 0.6) is 11.5 Å². The Morgan fingerprint density at radius 2 is 2.06 bits per heavy atom. The molecule has 168 valence electrons. The second-order valence-corrected chi connectivity index (χ2v) is 7.71. The fraction of sp³-hybridized carbons (Fsp3) is 0.208. The normalized spacial score (nSPS) is 14.3. The summed E-state index contributed by atoms with van der Waals surface area (Å²) in [6, 6.07) is 9.40. The monoisotopic (exact) mass is 449 g/mol. The zero-order valence-electron chi connectivity index (χ0n) is 18.0. The number of nitrogens with zero attached hydrogens (tertiary/aromatic N) is 3. The van der Waals surface area contributed by atoms with Gasteiger partial charge in [-0.3, -0.25) is 9.36 Å². The molecule has 5 rings (SSSR count). The summed E-state index contributed by atoms with van der Waals surface area (Å²) in [6.45, 7) is 0.510. The zero-order chi connectivity index (χ0) is 23.1. The van der Waals surface area contributed by atoms with Crippen LogP contribution >= 0.6 is 0 Å². The van der Waals surface area contributed by atoms with E-state index in [1.54, 1.807) is 24.8 Å². The van der Waals surface area contributed by atoms with E-state index in [-0.39, 0.29) is 30.3 Å². The summed E-state index contributed by atoms with van der Waals surface area (Å²) in [6.07, 6.45) is 3.30. The molecule has 0 atom stereocenters. The minimum Gasteiger partial charge on any atom is -0.497 e. The van der Waals surface area contributed by atoms with Crippen LogP contribution < -0.4 is 9.47 Å². The molecule has 0 radical (unpaired) electrons. The van der Waals surface area contributed by atoms with Gasteiger partial charge >= 0.3 is 5.97 Å². The third kappa shape index (κ3) is 3.61. The lowest BCUT2D eigenvalue weighted by molar-refractivity contribution is 0.0545. The highest BCUT2D eigenvalue weighted by Crippen LogP contribution is 2.33. The molecule has 0 aliphatic carbocycles. The van der Waals surface area contributed by atoms with E-state index in [2.05, 4.69) is 4.98 Å². The number of fused-ring (bicyclic) bond motifs is 4. The van der Waals surface area contributed by atoms with Crippen molar-refractivity contribution in [3.8, 4) is 17.2 Å². The minimum absolute atomic E-state index is 0.0321. The van der Waals surface area contributed by atoms with Crippen molar-refractivity contribution in [2.24, 2.45) is 0 Å². The van der Waals surface area contributed by atoms with Crippen molar-refractivity contribution in [2.75, 3.05) is 27.4 Å². The summed E-state index contributed by atoms with van der Waals surface area (Å²) in [5.74, 6) is -0.139. The van der Waals surface area contributed by atoms with Gasteiger partial charge in [-0.05, 0) is 42.0 Å². The molecule has 0 spiro atoms. The van der Waals surface area contributed by atoms with Crippen LogP contribution in [-0.2, 0) is 11.3 Å². The Kier molecular flexibility index (Phi) is 5.08. The number of rotatable bonds is 4. The lowest BCUT2D eigenvalue weighted by Gasteiger charge is -2.19. The van der Waals surface area contributed by atoms with E-state index in [0.29, 0.717) is 29.5 Å². The topological polar surface area (TPSA) is 82.9 Å². The van der Waals surface area contributed by atoms with E-state index >= 15 is 0 Å².